The van der Waals surface area contributed by atoms with Crippen molar-refractivity contribution in [1.82, 2.24) is 4.90 Å². The normalized spacial score (nSPS) is 12.8. The van der Waals surface area contributed by atoms with E-state index in [1.165, 1.54) is 5.56 Å². The first kappa shape index (κ1) is 19.9. The summed E-state index contributed by atoms with van der Waals surface area (Å²) in [4.78, 5) is 2.22. The summed E-state index contributed by atoms with van der Waals surface area (Å²) in [5.74, 6) is 0.850. The summed E-state index contributed by atoms with van der Waals surface area (Å²) >= 11 is 0. The zero-order valence-electron chi connectivity index (χ0n) is 14.8. The van der Waals surface area contributed by atoms with Gasteiger partial charge in [-0.1, -0.05) is 12.1 Å². The maximum Gasteiger partial charge on any atom is 0.119 e. The Hall–Kier alpha value is -1.14. The van der Waals surface area contributed by atoms with E-state index in [4.69, 9.17) is 14.2 Å². The van der Waals surface area contributed by atoms with Crippen LogP contribution >= 0.6 is 0 Å². The van der Waals surface area contributed by atoms with Gasteiger partial charge in [0, 0.05) is 33.4 Å². The zero-order chi connectivity index (χ0) is 17.1. The molecule has 0 aliphatic heterocycles. The lowest BCUT2D eigenvalue weighted by Gasteiger charge is -2.25. The minimum atomic E-state index is -0.495. The molecule has 0 saturated carbocycles. The molecule has 0 aliphatic rings. The third-order valence-electron chi connectivity index (χ3n) is 3.45. The number of benzene rings is 1. The fourth-order valence-corrected chi connectivity index (χ4v) is 2.35. The quantitative estimate of drug-likeness (QED) is 0.598. The van der Waals surface area contributed by atoms with Crippen LogP contribution in [0.1, 0.15) is 25.8 Å². The topological polar surface area (TPSA) is 51.2 Å². The molecule has 0 amide bonds. The molecule has 5 heteroatoms. The van der Waals surface area contributed by atoms with Gasteiger partial charge in [0.05, 0.1) is 25.9 Å². The number of methoxy groups -OCH3 is 2. The second-order valence-corrected chi connectivity index (χ2v) is 5.97. The second kappa shape index (κ2) is 11.4. The van der Waals surface area contributed by atoms with Crippen molar-refractivity contribution in [1.29, 1.82) is 0 Å². The molecule has 1 aromatic carbocycles. The molecule has 1 N–H and O–H groups in total. The Balaban J connectivity index is 2.59. The van der Waals surface area contributed by atoms with Gasteiger partial charge in [0.15, 0.2) is 0 Å². The van der Waals surface area contributed by atoms with Crippen molar-refractivity contribution in [3.05, 3.63) is 29.8 Å². The predicted octanol–water partition coefficient (Wildman–Crippen LogP) is 2.32. The Morgan fingerprint density at radius 2 is 2.00 bits per heavy atom. The van der Waals surface area contributed by atoms with E-state index < -0.39 is 6.10 Å². The van der Waals surface area contributed by atoms with E-state index in [2.05, 4.69) is 11.0 Å². The van der Waals surface area contributed by atoms with Gasteiger partial charge >= 0.3 is 0 Å². The molecule has 0 aliphatic carbocycles. The van der Waals surface area contributed by atoms with Crippen LogP contribution in [0.3, 0.4) is 0 Å². The first-order valence-corrected chi connectivity index (χ1v) is 8.19. The molecular weight excluding hydrogens is 294 g/mol. The Bertz CT molecular complexity index is 425. The lowest BCUT2D eigenvalue weighted by Crippen LogP contribution is -2.36. The largest absolute Gasteiger partial charge is 0.497 e. The number of aliphatic hydroxyl groups is 1. The fraction of sp³-hybridized carbons (Fsp3) is 0.667. The average molecular weight is 325 g/mol. The van der Waals surface area contributed by atoms with Crippen LogP contribution < -0.4 is 4.74 Å². The SMILES string of the molecule is COCCCN(Cc1cccc(OC)c1)CC(O)COC(C)C. The summed E-state index contributed by atoms with van der Waals surface area (Å²) in [5.41, 5.74) is 1.17. The maximum atomic E-state index is 10.2. The molecule has 23 heavy (non-hydrogen) atoms. The van der Waals surface area contributed by atoms with E-state index >= 15 is 0 Å². The zero-order valence-corrected chi connectivity index (χ0v) is 14.8. The van der Waals surface area contributed by atoms with Crippen LogP contribution in [0.15, 0.2) is 24.3 Å². The number of ether oxygens (including phenoxy) is 3. The third kappa shape index (κ3) is 8.91. The number of aliphatic hydroxyl groups excluding tert-OH is 1. The minimum absolute atomic E-state index is 0.130. The Kier molecular flexibility index (Phi) is 9.87. The summed E-state index contributed by atoms with van der Waals surface area (Å²) in [6, 6.07) is 8.02. The molecule has 1 rings (SSSR count). The minimum Gasteiger partial charge on any atom is -0.497 e. The van der Waals surface area contributed by atoms with Crippen molar-refractivity contribution in [2.75, 3.05) is 40.5 Å². The van der Waals surface area contributed by atoms with Gasteiger partial charge in [-0.3, -0.25) is 4.90 Å². The van der Waals surface area contributed by atoms with Crippen molar-refractivity contribution in [3.8, 4) is 5.75 Å². The van der Waals surface area contributed by atoms with Gasteiger partial charge in [-0.15, -0.1) is 0 Å². The van der Waals surface area contributed by atoms with Gasteiger partial charge in [-0.25, -0.2) is 0 Å². The van der Waals surface area contributed by atoms with Crippen LogP contribution in [-0.4, -0.2) is 62.7 Å². The Morgan fingerprint density at radius 1 is 1.22 bits per heavy atom. The molecule has 0 radical (unpaired) electrons. The van der Waals surface area contributed by atoms with Crippen LogP contribution in [0, 0.1) is 0 Å². The molecule has 0 heterocycles. The first-order chi connectivity index (χ1) is 11.0. The lowest BCUT2D eigenvalue weighted by atomic mass is 10.2. The highest BCUT2D eigenvalue weighted by Crippen LogP contribution is 2.15. The van der Waals surface area contributed by atoms with Crippen molar-refractivity contribution in [2.45, 2.75) is 39.0 Å². The molecule has 0 aromatic heterocycles. The van der Waals surface area contributed by atoms with E-state index in [9.17, 15) is 5.11 Å². The van der Waals surface area contributed by atoms with Crippen LogP contribution in [0.5, 0.6) is 5.75 Å². The molecule has 132 valence electrons. The van der Waals surface area contributed by atoms with Crippen molar-refractivity contribution in [2.24, 2.45) is 0 Å². The maximum absolute atomic E-state index is 10.2. The summed E-state index contributed by atoms with van der Waals surface area (Å²) in [6.45, 7) is 7.22. The summed E-state index contributed by atoms with van der Waals surface area (Å²) in [6.07, 6.45) is 0.564. The molecule has 0 saturated heterocycles. The van der Waals surface area contributed by atoms with Gasteiger partial charge in [0.2, 0.25) is 0 Å². The summed E-state index contributed by atoms with van der Waals surface area (Å²) < 4.78 is 15.9. The van der Waals surface area contributed by atoms with Gasteiger partial charge in [-0.05, 0) is 38.0 Å². The molecule has 1 unspecified atom stereocenters. The summed E-state index contributed by atoms with van der Waals surface area (Å²) in [7, 11) is 3.38. The highest BCUT2D eigenvalue weighted by atomic mass is 16.5. The Labute approximate surface area is 140 Å². The van der Waals surface area contributed by atoms with E-state index in [1.807, 2.05) is 32.0 Å². The van der Waals surface area contributed by atoms with Gasteiger partial charge in [-0.2, -0.15) is 0 Å². The lowest BCUT2D eigenvalue weighted by molar-refractivity contribution is -0.0103. The fourth-order valence-electron chi connectivity index (χ4n) is 2.35. The number of hydrogen-bond acceptors (Lipinski definition) is 5. The van der Waals surface area contributed by atoms with Crippen LogP contribution in [0.2, 0.25) is 0 Å². The predicted molar refractivity (Wildman–Crippen MR) is 91.9 cm³/mol. The van der Waals surface area contributed by atoms with Gasteiger partial charge < -0.3 is 19.3 Å². The summed E-state index contributed by atoms with van der Waals surface area (Å²) in [5, 5.41) is 10.2. The molecule has 0 fully saturated rings. The van der Waals surface area contributed by atoms with Crippen molar-refractivity contribution in [3.63, 3.8) is 0 Å². The Morgan fingerprint density at radius 3 is 2.65 bits per heavy atom. The first-order valence-electron chi connectivity index (χ1n) is 8.19. The van der Waals surface area contributed by atoms with Gasteiger partial charge in [0.1, 0.15) is 5.75 Å². The van der Waals surface area contributed by atoms with Crippen molar-refractivity contribution >= 4 is 0 Å². The van der Waals surface area contributed by atoms with E-state index in [0.717, 1.165) is 25.3 Å². The van der Waals surface area contributed by atoms with E-state index in [-0.39, 0.29) is 6.10 Å². The number of hydrogen-bond donors (Lipinski definition) is 1. The van der Waals surface area contributed by atoms with E-state index in [1.54, 1.807) is 14.2 Å². The second-order valence-electron chi connectivity index (χ2n) is 5.97. The monoisotopic (exact) mass is 325 g/mol. The average Bonchev–Trinajstić information content (AvgIpc) is 2.53. The molecule has 0 spiro atoms. The molecule has 5 nitrogen and oxygen atoms in total. The van der Waals surface area contributed by atoms with Gasteiger partial charge in [0.25, 0.3) is 0 Å². The van der Waals surface area contributed by atoms with Crippen LogP contribution in [0.4, 0.5) is 0 Å². The van der Waals surface area contributed by atoms with Crippen molar-refractivity contribution < 1.29 is 19.3 Å². The number of rotatable bonds is 12. The molecule has 0 bridgehead atoms. The molecular formula is C18H31NO4. The smallest absolute Gasteiger partial charge is 0.119 e. The van der Waals surface area contributed by atoms with Crippen LogP contribution in [0.25, 0.3) is 0 Å². The number of nitrogens with zero attached hydrogens (tertiary/aromatic N) is 1. The highest BCUT2D eigenvalue weighted by Gasteiger charge is 2.13. The third-order valence-corrected chi connectivity index (χ3v) is 3.45. The molecule has 1 aromatic rings. The molecule has 1 atom stereocenters. The standard InChI is InChI=1S/C18H31NO4/c1-15(2)23-14-17(20)13-19(9-6-10-21-3)12-16-7-5-8-18(11-16)22-4/h5,7-8,11,15,17,20H,6,9-10,12-14H2,1-4H3. The van der Waals surface area contributed by atoms with E-state index in [0.29, 0.717) is 19.8 Å². The highest BCUT2D eigenvalue weighted by molar-refractivity contribution is 5.28. The van der Waals surface area contributed by atoms with Crippen LogP contribution in [-0.2, 0) is 16.0 Å².